The Morgan fingerprint density at radius 1 is 1.29 bits per heavy atom. The molecule has 0 saturated heterocycles. The Kier molecular flexibility index (Phi) is 2.97. The Labute approximate surface area is 98.5 Å². The van der Waals surface area contributed by atoms with E-state index in [0.717, 1.165) is 0 Å². The van der Waals surface area contributed by atoms with Crippen molar-refractivity contribution in [2.75, 3.05) is 0 Å². The highest BCUT2D eigenvalue weighted by Gasteiger charge is 2.28. The van der Waals surface area contributed by atoms with Crippen LogP contribution < -0.4 is 4.74 Å². The third-order valence-corrected chi connectivity index (χ3v) is 2.42. The molecule has 0 amide bonds. The van der Waals surface area contributed by atoms with Crippen LogP contribution >= 0.6 is 0 Å². The van der Waals surface area contributed by atoms with Gasteiger partial charge >= 0.3 is 5.97 Å². The van der Waals surface area contributed by atoms with Gasteiger partial charge in [0.1, 0.15) is 5.75 Å². The molecule has 17 heavy (non-hydrogen) atoms. The maximum atomic E-state index is 10.7. The summed E-state index contributed by atoms with van der Waals surface area (Å²) in [6.07, 6.45) is 4.24. The number of aliphatic hydroxyl groups is 1. The maximum absolute atomic E-state index is 10.7. The second-order valence-electron chi connectivity index (χ2n) is 3.76. The number of rotatable bonds is 3. The highest BCUT2D eigenvalue weighted by Crippen LogP contribution is 2.25. The Morgan fingerprint density at radius 2 is 2.00 bits per heavy atom. The van der Waals surface area contributed by atoms with Crippen LogP contribution in [-0.4, -0.2) is 22.0 Å². The number of carbonyl (C=O) groups is 1. The van der Waals surface area contributed by atoms with E-state index in [2.05, 4.69) is 0 Å². The number of hydrogen-bond acceptors (Lipinski definition) is 3. The monoisotopic (exact) mass is 232 g/mol. The molecule has 0 fully saturated rings. The molecule has 4 heteroatoms. The zero-order valence-electron chi connectivity index (χ0n) is 9.04. The SMILES string of the molecule is O=C(O)C1=CCC(O)(Oc2ccccc2)C=C1. The molecular weight excluding hydrogens is 220 g/mol. The highest BCUT2D eigenvalue weighted by atomic mass is 16.6. The normalized spacial score (nSPS) is 23.0. The fraction of sp³-hybridized carbons (Fsp3) is 0.154. The average Bonchev–Trinajstić information content (AvgIpc) is 2.30. The van der Waals surface area contributed by atoms with E-state index in [1.165, 1.54) is 18.2 Å². The standard InChI is InChI=1S/C13H12O4/c14-12(15)10-6-8-13(16,9-7-10)17-11-4-2-1-3-5-11/h1-8,16H,9H2,(H,14,15). The molecule has 1 aliphatic rings. The Morgan fingerprint density at radius 3 is 2.53 bits per heavy atom. The van der Waals surface area contributed by atoms with Crippen molar-refractivity contribution in [1.82, 2.24) is 0 Å². The van der Waals surface area contributed by atoms with E-state index in [4.69, 9.17) is 9.84 Å². The van der Waals surface area contributed by atoms with Crippen molar-refractivity contribution >= 4 is 5.97 Å². The first-order chi connectivity index (χ1) is 8.09. The van der Waals surface area contributed by atoms with Crippen molar-refractivity contribution in [3.8, 4) is 5.75 Å². The molecule has 2 N–H and O–H groups in total. The smallest absolute Gasteiger partial charge is 0.335 e. The number of carboxylic acids is 1. The Bertz CT molecular complexity index is 475. The van der Waals surface area contributed by atoms with Crippen LogP contribution in [0.2, 0.25) is 0 Å². The van der Waals surface area contributed by atoms with Crippen molar-refractivity contribution in [2.24, 2.45) is 0 Å². The minimum absolute atomic E-state index is 0.111. The summed E-state index contributed by atoms with van der Waals surface area (Å²) in [5.41, 5.74) is 0.159. The predicted octanol–water partition coefficient (Wildman–Crippen LogP) is 1.72. The molecule has 1 atom stereocenters. The number of hydrogen-bond donors (Lipinski definition) is 2. The molecule has 1 aromatic rings. The van der Waals surface area contributed by atoms with Crippen LogP contribution in [0.1, 0.15) is 6.42 Å². The Balaban J connectivity index is 2.09. The summed E-state index contributed by atoms with van der Waals surface area (Å²) in [7, 11) is 0. The average molecular weight is 232 g/mol. The quantitative estimate of drug-likeness (QED) is 0.779. The molecule has 0 heterocycles. The van der Waals surface area contributed by atoms with Crippen molar-refractivity contribution in [3.05, 3.63) is 54.1 Å². The van der Waals surface area contributed by atoms with Gasteiger partial charge in [0.25, 0.3) is 0 Å². The summed E-state index contributed by atoms with van der Waals surface area (Å²) in [6, 6.07) is 8.88. The molecule has 4 nitrogen and oxygen atoms in total. The lowest BCUT2D eigenvalue weighted by Crippen LogP contribution is -2.34. The molecule has 0 saturated carbocycles. The fourth-order valence-electron chi connectivity index (χ4n) is 1.54. The molecule has 0 aliphatic heterocycles. The largest absolute Gasteiger partial charge is 0.478 e. The highest BCUT2D eigenvalue weighted by molar-refractivity contribution is 5.90. The summed E-state index contributed by atoms with van der Waals surface area (Å²) in [5, 5.41) is 18.8. The lowest BCUT2D eigenvalue weighted by Gasteiger charge is -2.26. The van der Waals surface area contributed by atoms with Crippen molar-refractivity contribution in [3.63, 3.8) is 0 Å². The second kappa shape index (κ2) is 4.43. The topological polar surface area (TPSA) is 66.8 Å². The summed E-state index contributed by atoms with van der Waals surface area (Å²) < 4.78 is 5.40. The van der Waals surface area contributed by atoms with Gasteiger partial charge in [-0.2, -0.15) is 0 Å². The van der Waals surface area contributed by atoms with Gasteiger partial charge < -0.3 is 14.9 Å². The van der Waals surface area contributed by atoms with Crippen LogP contribution in [0.5, 0.6) is 5.75 Å². The van der Waals surface area contributed by atoms with Crippen LogP contribution in [0, 0.1) is 0 Å². The van der Waals surface area contributed by atoms with E-state index in [-0.39, 0.29) is 12.0 Å². The van der Waals surface area contributed by atoms with Crippen molar-refractivity contribution in [2.45, 2.75) is 12.2 Å². The number of benzene rings is 1. The van der Waals surface area contributed by atoms with Crippen LogP contribution in [0.3, 0.4) is 0 Å². The minimum Gasteiger partial charge on any atom is -0.478 e. The first-order valence-electron chi connectivity index (χ1n) is 5.18. The third kappa shape index (κ3) is 2.73. The fourth-order valence-corrected chi connectivity index (χ4v) is 1.54. The van der Waals surface area contributed by atoms with Gasteiger partial charge in [-0.1, -0.05) is 24.3 Å². The van der Waals surface area contributed by atoms with Gasteiger partial charge in [0.15, 0.2) is 0 Å². The zero-order chi connectivity index (χ0) is 12.3. The van der Waals surface area contributed by atoms with Gasteiger partial charge in [-0.25, -0.2) is 4.79 Å². The number of aliphatic carboxylic acids is 1. The molecule has 1 unspecified atom stereocenters. The van der Waals surface area contributed by atoms with Gasteiger partial charge in [-0.15, -0.1) is 0 Å². The molecule has 2 rings (SSSR count). The molecular formula is C13H12O4. The lowest BCUT2D eigenvalue weighted by molar-refractivity contribution is -0.132. The number of carboxylic acid groups (broad SMARTS) is 1. The van der Waals surface area contributed by atoms with Gasteiger partial charge in [0.2, 0.25) is 5.79 Å². The van der Waals surface area contributed by atoms with E-state index in [1.807, 2.05) is 6.07 Å². The molecule has 1 aliphatic carbocycles. The van der Waals surface area contributed by atoms with Crippen LogP contribution in [0.15, 0.2) is 54.1 Å². The first kappa shape index (κ1) is 11.4. The summed E-state index contributed by atoms with van der Waals surface area (Å²) in [6.45, 7) is 0. The summed E-state index contributed by atoms with van der Waals surface area (Å²) in [4.78, 5) is 10.7. The first-order valence-corrected chi connectivity index (χ1v) is 5.18. The van der Waals surface area contributed by atoms with Gasteiger partial charge in [0.05, 0.1) is 5.57 Å². The zero-order valence-corrected chi connectivity index (χ0v) is 9.04. The van der Waals surface area contributed by atoms with E-state index < -0.39 is 11.8 Å². The third-order valence-electron chi connectivity index (χ3n) is 2.42. The molecule has 88 valence electrons. The molecule has 0 radical (unpaired) electrons. The van der Waals surface area contributed by atoms with Gasteiger partial charge in [0, 0.05) is 6.42 Å². The van der Waals surface area contributed by atoms with E-state index in [1.54, 1.807) is 24.3 Å². The molecule has 0 bridgehead atoms. The van der Waals surface area contributed by atoms with Gasteiger partial charge in [-0.3, -0.25) is 0 Å². The predicted molar refractivity (Wildman–Crippen MR) is 61.5 cm³/mol. The molecule has 0 aromatic heterocycles. The summed E-state index contributed by atoms with van der Waals surface area (Å²) >= 11 is 0. The molecule has 0 spiro atoms. The minimum atomic E-state index is -1.47. The van der Waals surface area contributed by atoms with E-state index in [9.17, 15) is 9.90 Å². The summed E-state index contributed by atoms with van der Waals surface area (Å²) in [5.74, 6) is -1.95. The van der Waals surface area contributed by atoms with Crippen LogP contribution in [0.25, 0.3) is 0 Å². The van der Waals surface area contributed by atoms with Crippen LogP contribution in [0.4, 0.5) is 0 Å². The maximum Gasteiger partial charge on any atom is 0.335 e. The van der Waals surface area contributed by atoms with E-state index >= 15 is 0 Å². The lowest BCUT2D eigenvalue weighted by atomic mass is 10.0. The van der Waals surface area contributed by atoms with Crippen molar-refractivity contribution in [1.29, 1.82) is 0 Å². The number of para-hydroxylation sites is 1. The van der Waals surface area contributed by atoms with E-state index in [0.29, 0.717) is 5.75 Å². The van der Waals surface area contributed by atoms with Gasteiger partial charge in [-0.05, 0) is 24.3 Å². The van der Waals surface area contributed by atoms with Crippen molar-refractivity contribution < 1.29 is 19.7 Å². The Hall–Kier alpha value is -2.07. The molecule has 1 aromatic carbocycles. The number of ether oxygens (including phenoxy) is 1. The second-order valence-corrected chi connectivity index (χ2v) is 3.76. The van der Waals surface area contributed by atoms with Crippen LogP contribution in [-0.2, 0) is 4.79 Å².